The van der Waals surface area contributed by atoms with Crippen molar-refractivity contribution in [2.24, 2.45) is 5.92 Å². The molecule has 3 N–H and O–H groups in total. The Morgan fingerprint density at radius 1 is 1.59 bits per heavy atom. The van der Waals surface area contributed by atoms with Gasteiger partial charge in [0.05, 0.1) is 12.6 Å². The van der Waals surface area contributed by atoms with Gasteiger partial charge in [-0.2, -0.15) is 0 Å². The quantitative estimate of drug-likeness (QED) is 0.716. The molecule has 1 unspecified atom stereocenters. The van der Waals surface area contributed by atoms with E-state index in [1.54, 1.807) is 0 Å². The Balaban J connectivity index is 2.17. The molecule has 5 nitrogen and oxygen atoms in total. The molecule has 1 heterocycles. The molecular weight excluding hydrogens is 218 g/mol. The molecule has 1 aromatic heterocycles. The predicted molar refractivity (Wildman–Crippen MR) is 66.2 cm³/mol. The highest BCUT2D eigenvalue weighted by Crippen LogP contribution is 2.37. The first-order valence-corrected chi connectivity index (χ1v) is 6.09. The van der Waals surface area contributed by atoms with E-state index in [1.807, 2.05) is 13.8 Å². The molecular formula is C12H19N3O2. The number of hydrogen-bond acceptors (Lipinski definition) is 4. The van der Waals surface area contributed by atoms with Crippen molar-refractivity contribution >= 4 is 5.82 Å². The van der Waals surface area contributed by atoms with Gasteiger partial charge in [0.15, 0.2) is 0 Å². The van der Waals surface area contributed by atoms with E-state index in [-0.39, 0.29) is 24.1 Å². The number of H-pyrrole nitrogens is 1. The van der Waals surface area contributed by atoms with Crippen LogP contribution >= 0.6 is 0 Å². The van der Waals surface area contributed by atoms with E-state index in [0.29, 0.717) is 11.7 Å². The molecule has 1 fully saturated rings. The Labute approximate surface area is 100 Å². The van der Waals surface area contributed by atoms with Crippen molar-refractivity contribution < 1.29 is 5.11 Å². The van der Waals surface area contributed by atoms with Gasteiger partial charge in [0.2, 0.25) is 0 Å². The number of aliphatic hydroxyl groups is 1. The summed E-state index contributed by atoms with van der Waals surface area (Å²) in [5, 5.41) is 12.4. The molecule has 0 radical (unpaired) electrons. The van der Waals surface area contributed by atoms with Gasteiger partial charge in [0.1, 0.15) is 11.6 Å². The van der Waals surface area contributed by atoms with Crippen molar-refractivity contribution in [3.05, 3.63) is 22.2 Å². The van der Waals surface area contributed by atoms with Crippen LogP contribution in [-0.4, -0.2) is 27.7 Å². The molecule has 0 spiro atoms. The van der Waals surface area contributed by atoms with E-state index in [4.69, 9.17) is 0 Å². The van der Waals surface area contributed by atoms with Crippen LogP contribution in [0.25, 0.3) is 0 Å². The lowest BCUT2D eigenvalue weighted by Crippen LogP contribution is -2.30. The summed E-state index contributed by atoms with van der Waals surface area (Å²) in [6.07, 6.45) is 2.19. The largest absolute Gasteiger partial charge is 0.394 e. The van der Waals surface area contributed by atoms with Crippen molar-refractivity contribution in [1.29, 1.82) is 0 Å². The summed E-state index contributed by atoms with van der Waals surface area (Å²) < 4.78 is 0. The minimum atomic E-state index is -0.134. The van der Waals surface area contributed by atoms with E-state index in [2.05, 4.69) is 15.3 Å². The van der Waals surface area contributed by atoms with Crippen LogP contribution in [0.3, 0.4) is 0 Å². The zero-order chi connectivity index (χ0) is 12.4. The van der Waals surface area contributed by atoms with Gasteiger partial charge in [0.25, 0.3) is 5.56 Å². The normalized spacial score (nSPS) is 17.2. The second-order valence-electron chi connectivity index (χ2n) is 4.97. The fraction of sp³-hybridized carbons (Fsp3) is 0.667. The van der Waals surface area contributed by atoms with Gasteiger partial charge in [-0.1, -0.05) is 13.8 Å². The van der Waals surface area contributed by atoms with Crippen molar-refractivity contribution in [1.82, 2.24) is 9.97 Å². The molecule has 0 aliphatic heterocycles. The van der Waals surface area contributed by atoms with E-state index in [0.717, 1.165) is 18.7 Å². The molecule has 5 heteroatoms. The summed E-state index contributed by atoms with van der Waals surface area (Å²) in [7, 11) is 0. The molecule has 1 aromatic rings. The maximum atomic E-state index is 11.5. The summed E-state index contributed by atoms with van der Waals surface area (Å²) in [5.41, 5.74) is -0.134. The lowest BCUT2D eigenvalue weighted by Gasteiger charge is -2.20. The number of hydrogen-bond donors (Lipinski definition) is 3. The number of anilines is 1. The standard InChI is InChI=1S/C12H19N3O2/c1-7(2)9(6-16)13-10-5-11(17)15-12(14-10)8-3-4-8/h5,7-9,16H,3-4,6H2,1-2H3,(H2,13,14,15,17). The average Bonchev–Trinajstić information content (AvgIpc) is 3.08. The first-order chi connectivity index (χ1) is 8.10. The van der Waals surface area contributed by atoms with E-state index in [1.165, 1.54) is 6.07 Å². The van der Waals surface area contributed by atoms with Crippen molar-refractivity contribution in [2.75, 3.05) is 11.9 Å². The Bertz CT molecular complexity index is 438. The smallest absolute Gasteiger partial charge is 0.252 e. The van der Waals surface area contributed by atoms with Gasteiger partial charge < -0.3 is 15.4 Å². The summed E-state index contributed by atoms with van der Waals surface area (Å²) >= 11 is 0. The Kier molecular flexibility index (Phi) is 3.47. The molecule has 0 aromatic carbocycles. The highest BCUT2D eigenvalue weighted by molar-refractivity contribution is 5.35. The third kappa shape index (κ3) is 3.06. The van der Waals surface area contributed by atoms with Gasteiger partial charge in [0, 0.05) is 12.0 Å². The molecule has 17 heavy (non-hydrogen) atoms. The van der Waals surface area contributed by atoms with Crippen LogP contribution < -0.4 is 10.9 Å². The highest BCUT2D eigenvalue weighted by atomic mass is 16.3. The van der Waals surface area contributed by atoms with E-state index < -0.39 is 0 Å². The van der Waals surface area contributed by atoms with Crippen molar-refractivity contribution in [3.8, 4) is 0 Å². The minimum absolute atomic E-state index is 0.0326. The van der Waals surface area contributed by atoms with E-state index >= 15 is 0 Å². The van der Waals surface area contributed by atoms with Crippen LogP contribution in [0.5, 0.6) is 0 Å². The van der Waals surface area contributed by atoms with Gasteiger partial charge in [-0.05, 0) is 18.8 Å². The van der Waals surface area contributed by atoms with Gasteiger partial charge in [-0.15, -0.1) is 0 Å². The molecule has 1 aliphatic rings. The highest BCUT2D eigenvalue weighted by Gasteiger charge is 2.26. The fourth-order valence-corrected chi connectivity index (χ4v) is 1.71. The number of aromatic amines is 1. The Hall–Kier alpha value is -1.36. The van der Waals surface area contributed by atoms with Crippen LogP contribution in [0.1, 0.15) is 38.4 Å². The first-order valence-electron chi connectivity index (χ1n) is 6.09. The second-order valence-corrected chi connectivity index (χ2v) is 4.97. The Morgan fingerprint density at radius 3 is 2.82 bits per heavy atom. The number of aromatic nitrogens is 2. The maximum absolute atomic E-state index is 11.5. The molecule has 1 saturated carbocycles. The fourth-order valence-electron chi connectivity index (χ4n) is 1.71. The maximum Gasteiger partial charge on any atom is 0.252 e. The molecule has 0 saturated heterocycles. The van der Waals surface area contributed by atoms with E-state index in [9.17, 15) is 9.90 Å². The van der Waals surface area contributed by atoms with Gasteiger partial charge in [-0.3, -0.25) is 4.79 Å². The molecule has 0 amide bonds. The first kappa shape index (κ1) is 12.1. The number of nitrogens with one attached hydrogen (secondary N) is 2. The SMILES string of the molecule is CC(C)C(CO)Nc1cc(=O)[nH]c(C2CC2)n1. The summed E-state index contributed by atoms with van der Waals surface area (Å²) in [4.78, 5) is 18.6. The average molecular weight is 237 g/mol. The number of aliphatic hydroxyl groups excluding tert-OH is 1. The predicted octanol–water partition coefficient (Wildman–Crippen LogP) is 1.08. The van der Waals surface area contributed by atoms with Crippen molar-refractivity contribution in [3.63, 3.8) is 0 Å². The molecule has 94 valence electrons. The number of rotatable bonds is 5. The van der Waals surface area contributed by atoms with Crippen LogP contribution in [0, 0.1) is 5.92 Å². The molecule has 1 atom stereocenters. The topological polar surface area (TPSA) is 78.0 Å². The summed E-state index contributed by atoms with van der Waals surface area (Å²) in [5.74, 6) is 2.02. The van der Waals surface area contributed by atoms with Crippen molar-refractivity contribution in [2.45, 2.75) is 38.6 Å². The molecule has 1 aliphatic carbocycles. The molecule has 2 rings (SSSR count). The second kappa shape index (κ2) is 4.87. The third-order valence-electron chi connectivity index (χ3n) is 3.06. The van der Waals surface area contributed by atoms with Crippen LogP contribution in [0.4, 0.5) is 5.82 Å². The zero-order valence-corrected chi connectivity index (χ0v) is 10.2. The molecule has 0 bridgehead atoms. The minimum Gasteiger partial charge on any atom is -0.394 e. The lowest BCUT2D eigenvalue weighted by molar-refractivity contribution is 0.249. The van der Waals surface area contributed by atoms with Crippen LogP contribution in [0.15, 0.2) is 10.9 Å². The number of nitrogens with zero attached hydrogens (tertiary/aromatic N) is 1. The van der Waals surface area contributed by atoms with Gasteiger partial charge >= 0.3 is 0 Å². The lowest BCUT2D eigenvalue weighted by atomic mass is 10.1. The third-order valence-corrected chi connectivity index (χ3v) is 3.06. The van der Waals surface area contributed by atoms with Crippen LogP contribution in [0.2, 0.25) is 0 Å². The monoisotopic (exact) mass is 237 g/mol. The Morgan fingerprint density at radius 2 is 2.29 bits per heavy atom. The zero-order valence-electron chi connectivity index (χ0n) is 10.2. The van der Waals surface area contributed by atoms with Gasteiger partial charge in [-0.25, -0.2) is 4.98 Å². The summed E-state index contributed by atoms with van der Waals surface area (Å²) in [6.45, 7) is 4.07. The van der Waals surface area contributed by atoms with Crippen LogP contribution in [-0.2, 0) is 0 Å². The summed E-state index contributed by atoms with van der Waals surface area (Å²) in [6, 6.07) is 1.37.